The van der Waals surface area contributed by atoms with Crippen LogP contribution in [0.1, 0.15) is 27.3 Å². The van der Waals surface area contributed by atoms with E-state index in [1.165, 1.54) is 0 Å². The van der Waals surface area contributed by atoms with Crippen LogP contribution in [0, 0.1) is 13.8 Å². The third-order valence-corrected chi connectivity index (χ3v) is 3.68. The molecule has 0 unspecified atom stereocenters. The standard InChI is InChI=1S/C19H19N5O/c1-13-6-7-14(2)17(11-13)23-18(25)16-8-10-21-19(24-16)22-12-15-5-3-4-9-20-15/h3-11H,12H2,1-2H3,(H,23,25)(H,21,22,24). The van der Waals surface area contributed by atoms with Crippen molar-refractivity contribution < 1.29 is 4.79 Å². The van der Waals surface area contributed by atoms with Gasteiger partial charge in [-0.3, -0.25) is 9.78 Å². The van der Waals surface area contributed by atoms with Crippen LogP contribution in [0.5, 0.6) is 0 Å². The zero-order valence-corrected chi connectivity index (χ0v) is 14.2. The van der Waals surface area contributed by atoms with Crippen molar-refractivity contribution in [3.8, 4) is 0 Å². The molecule has 2 heterocycles. The van der Waals surface area contributed by atoms with E-state index in [1.807, 2.05) is 50.2 Å². The Labute approximate surface area is 146 Å². The number of rotatable bonds is 5. The van der Waals surface area contributed by atoms with Crippen LogP contribution in [0.2, 0.25) is 0 Å². The molecule has 3 rings (SSSR count). The first-order chi connectivity index (χ1) is 12.1. The highest BCUT2D eigenvalue weighted by atomic mass is 16.1. The summed E-state index contributed by atoms with van der Waals surface area (Å²) in [6.45, 7) is 4.43. The molecule has 6 nitrogen and oxygen atoms in total. The molecule has 0 radical (unpaired) electrons. The number of anilines is 2. The van der Waals surface area contributed by atoms with Crippen LogP contribution < -0.4 is 10.6 Å². The highest BCUT2D eigenvalue weighted by molar-refractivity contribution is 6.03. The van der Waals surface area contributed by atoms with E-state index in [-0.39, 0.29) is 5.91 Å². The lowest BCUT2D eigenvalue weighted by molar-refractivity contribution is 0.102. The maximum Gasteiger partial charge on any atom is 0.274 e. The van der Waals surface area contributed by atoms with Gasteiger partial charge in [-0.2, -0.15) is 0 Å². The number of benzene rings is 1. The summed E-state index contributed by atoms with van der Waals surface area (Å²) in [5.41, 5.74) is 4.05. The summed E-state index contributed by atoms with van der Waals surface area (Å²) in [4.78, 5) is 25.1. The maximum absolute atomic E-state index is 12.5. The van der Waals surface area contributed by atoms with Crippen molar-refractivity contribution >= 4 is 17.5 Å². The van der Waals surface area contributed by atoms with E-state index in [1.54, 1.807) is 18.5 Å². The van der Waals surface area contributed by atoms with Crippen LogP contribution in [0.3, 0.4) is 0 Å². The molecule has 0 aliphatic heterocycles. The summed E-state index contributed by atoms with van der Waals surface area (Å²) in [5.74, 6) is 0.122. The molecule has 0 bridgehead atoms. The lowest BCUT2D eigenvalue weighted by Crippen LogP contribution is -2.16. The van der Waals surface area contributed by atoms with Crippen molar-refractivity contribution in [3.05, 3.63) is 77.4 Å². The molecule has 0 atom stereocenters. The minimum atomic E-state index is -0.267. The fourth-order valence-electron chi connectivity index (χ4n) is 2.30. The van der Waals surface area contributed by atoms with E-state index >= 15 is 0 Å². The molecule has 6 heteroatoms. The van der Waals surface area contributed by atoms with Gasteiger partial charge in [0.25, 0.3) is 5.91 Å². The Balaban J connectivity index is 1.70. The van der Waals surface area contributed by atoms with Gasteiger partial charge in [0.15, 0.2) is 0 Å². The Hall–Kier alpha value is -3.28. The summed E-state index contributed by atoms with van der Waals surface area (Å²) < 4.78 is 0. The molecule has 0 fully saturated rings. The molecule has 2 aromatic heterocycles. The van der Waals surface area contributed by atoms with Gasteiger partial charge < -0.3 is 10.6 Å². The molecule has 1 amide bonds. The van der Waals surface area contributed by atoms with Crippen molar-refractivity contribution in [2.24, 2.45) is 0 Å². The fourth-order valence-corrected chi connectivity index (χ4v) is 2.30. The Morgan fingerprint density at radius 3 is 2.72 bits per heavy atom. The molecule has 0 saturated carbocycles. The normalized spacial score (nSPS) is 10.3. The Morgan fingerprint density at radius 2 is 1.92 bits per heavy atom. The molecule has 25 heavy (non-hydrogen) atoms. The van der Waals surface area contributed by atoms with Gasteiger partial charge in [0, 0.05) is 18.1 Å². The van der Waals surface area contributed by atoms with Gasteiger partial charge in [0.1, 0.15) is 5.69 Å². The van der Waals surface area contributed by atoms with E-state index in [4.69, 9.17) is 0 Å². The van der Waals surface area contributed by atoms with E-state index in [0.717, 1.165) is 22.5 Å². The van der Waals surface area contributed by atoms with Gasteiger partial charge in [0.05, 0.1) is 12.2 Å². The predicted octanol–water partition coefficient (Wildman–Crippen LogP) is 3.35. The van der Waals surface area contributed by atoms with Gasteiger partial charge in [-0.15, -0.1) is 0 Å². The number of nitrogens with zero attached hydrogens (tertiary/aromatic N) is 3. The number of amides is 1. The minimum Gasteiger partial charge on any atom is -0.349 e. The molecule has 1 aromatic carbocycles. The Morgan fingerprint density at radius 1 is 1.04 bits per heavy atom. The second kappa shape index (κ2) is 7.53. The summed E-state index contributed by atoms with van der Waals surface area (Å²) in [6, 6.07) is 13.2. The van der Waals surface area contributed by atoms with Gasteiger partial charge in [-0.1, -0.05) is 18.2 Å². The Bertz CT molecular complexity index is 880. The number of aryl methyl sites for hydroxylation is 2. The first kappa shape index (κ1) is 16.6. The number of nitrogens with one attached hydrogen (secondary N) is 2. The van der Waals surface area contributed by atoms with Crippen LogP contribution >= 0.6 is 0 Å². The van der Waals surface area contributed by atoms with Crippen LogP contribution in [0.15, 0.2) is 54.9 Å². The monoisotopic (exact) mass is 333 g/mol. The van der Waals surface area contributed by atoms with E-state index < -0.39 is 0 Å². The Kier molecular flexibility index (Phi) is 4.99. The minimum absolute atomic E-state index is 0.267. The summed E-state index contributed by atoms with van der Waals surface area (Å²) in [5, 5.41) is 5.97. The van der Waals surface area contributed by atoms with Gasteiger partial charge in [-0.25, -0.2) is 9.97 Å². The van der Waals surface area contributed by atoms with Gasteiger partial charge in [-0.05, 0) is 49.2 Å². The second-order valence-electron chi connectivity index (χ2n) is 5.71. The lowest BCUT2D eigenvalue weighted by atomic mass is 10.1. The lowest BCUT2D eigenvalue weighted by Gasteiger charge is -2.10. The number of carbonyl (C=O) groups excluding carboxylic acids is 1. The molecular formula is C19H19N5O. The molecule has 3 aromatic rings. The highest BCUT2D eigenvalue weighted by Crippen LogP contribution is 2.17. The van der Waals surface area contributed by atoms with Crippen molar-refractivity contribution in [1.29, 1.82) is 0 Å². The molecule has 2 N–H and O–H groups in total. The summed E-state index contributed by atoms with van der Waals surface area (Å²) >= 11 is 0. The third kappa shape index (κ3) is 4.38. The second-order valence-corrected chi connectivity index (χ2v) is 5.71. The molecule has 0 spiro atoms. The average Bonchev–Trinajstić information content (AvgIpc) is 2.64. The van der Waals surface area contributed by atoms with Crippen LogP contribution in [-0.4, -0.2) is 20.9 Å². The fraction of sp³-hybridized carbons (Fsp3) is 0.158. The topological polar surface area (TPSA) is 79.8 Å². The maximum atomic E-state index is 12.5. The highest BCUT2D eigenvalue weighted by Gasteiger charge is 2.11. The first-order valence-corrected chi connectivity index (χ1v) is 7.97. The average molecular weight is 333 g/mol. The molecule has 126 valence electrons. The van der Waals surface area contributed by atoms with Crippen LogP contribution in [0.25, 0.3) is 0 Å². The van der Waals surface area contributed by atoms with Gasteiger partial charge in [0.2, 0.25) is 5.95 Å². The SMILES string of the molecule is Cc1ccc(C)c(NC(=O)c2ccnc(NCc3ccccn3)n2)c1. The van der Waals surface area contributed by atoms with Crippen molar-refractivity contribution in [2.45, 2.75) is 20.4 Å². The zero-order valence-electron chi connectivity index (χ0n) is 14.2. The third-order valence-electron chi connectivity index (χ3n) is 3.68. The summed E-state index contributed by atoms with van der Waals surface area (Å²) in [7, 11) is 0. The smallest absolute Gasteiger partial charge is 0.274 e. The van der Waals surface area contributed by atoms with E-state index in [9.17, 15) is 4.79 Å². The first-order valence-electron chi connectivity index (χ1n) is 7.97. The molecule has 0 aliphatic rings. The summed E-state index contributed by atoms with van der Waals surface area (Å²) in [6.07, 6.45) is 3.29. The number of hydrogen-bond donors (Lipinski definition) is 2. The van der Waals surface area contributed by atoms with Crippen molar-refractivity contribution in [1.82, 2.24) is 15.0 Å². The van der Waals surface area contributed by atoms with Crippen molar-refractivity contribution in [2.75, 3.05) is 10.6 Å². The molecule has 0 saturated heterocycles. The van der Waals surface area contributed by atoms with Crippen molar-refractivity contribution in [3.63, 3.8) is 0 Å². The van der Waals surface area contributed by atoms with Crippen LogP contribution in [-0.2, 0) is 6.54 Å². The number of hydrogen-bond acceptors (Lipinski definition) is 5. The number of carbonyl (C=O) groups is 1. The quantitative estimate of drug-likeness (QED) is 0.748. The van der Waals surface area contributed by atoms with Crippen LogP contribution in [0.4, 0.5) is 11.6 Å². The van der Waals surface area contributed by atoms with E-state index in [2.05, 4.69) is 25.6 Å². The number of aromatic nitrogens is 3. The van der Waals surface area contributed by atoms with Gasteiger partial charge >= 0.3 is 0 Å². The molecule has 0 aliphatic carbocycles. The zero-order chi connectivity index (χ0) is 17.6. The predicted molar refractivity (Wildman–Crippen MR) is 97.5 cm³/mol. The largest absolute Gasteiger partial charge is 0.349 e. The molecular weight excluding hydrogens is 314 g/mol. The number of pyridine rings is 1. The van der Waals surface area contributed by atoms with E-state index in [0.29, 0.717) is 18.2 Å².